The second-order valence-corrected chi connectivity index (χ2v) is 8.55. The van der Waals surface area contributed by atoms with Crippen LogP contribution in [0.15, 0.2) is 48.6 Å². The first-order valence-electron chi connectivity index (χ1n) is 11.6. The standard InChI is InChI=1S/C26H35NO4.K/c1-2-3-5-13-21(28)15-16-22-23-17-20(12-8-9-14-26(30)31)27(24(23)18-25(22)29)19-10-6-4-7-11-19;/h4,6-7,10-11,15-17,21-22,25,28-29H,2-3,5,8-9,12-14,18H2,1H3,(H,30,31);/b16-15+;/t21-,22+,25+;/m0./s1. The Hall–Kier alpha value is -0.734. The van der Waals surface area contributed by atoms with Crippen LogP contribution in [-0.4, -0.2) is 89.4 Å². The first-order chi connectivity index (χ1) is 15.0. The van der Waals surface area contributed by atoms with E-state index < -0.39 is 18.2 Å². The zero-order chi connectivity index (χ0) is 22.2. The van der Waals surface area contributed by atoms with E-state index in [2.05, 4.69) is 29.7 Å². The van der Waals surface area contributed by atoms with Crippen LogP contribution in [0.25, 0.3) is 5.69 Å². The normalized spacial score (nSPS) is 18.5. The number of hydrogen-bond donors (Lipinski definition) is 3. The second-order valence-electron chi connectivity index (χ2n) is 8.55. The molecule has 169 valence electrons. The van der Waals surface area contributed by atoms with Crippen LogP contribution < -0.4 is 0 Å². The van der Waals surface area contributed by atoms with Crippen LogP contribution in [0.3, 0.4) is 0 Å². The zero-order valence-electron chi connectivity index (χ0n) is 19.4. The summed E-state index contributed by atoms with van der Waals surface area (Å²) < 4.78 is 2.23. The maximum Gasteiger partial charge on any atom is 0.303 e. The van der Waals surface area contributed by atoms with Crippen molar-refractivity contribution in [3.05, 3.63) is 65.5 Å². The number of benzene rings is 1. The van der Waals surface area contributed by atoms with Gasteiger partial charge < -0.3 is 19.9 Å². The van der Waals surface area contributed by atoms with Gasteiger partial charge in [0.25, 0.3) is 0 Å². The molecule has 1 aromatic heterocycles. The van der Waals surface area contributed by atoms with Crippen LogP contribution in [0.2, 0.25) is 0 Å². The summed E-state index contributed by atoms with van der Waals surface area (Å²) in [6.07, 6.45) is 9.84. The minimum Gasteiger partial charge on any atom is -0.481 e. The first kappa shape index (κ1) is 27.5. The SMILES string of the molecule is CCCCC[C@H](O)/C=C/[C@@H]1c2cc(CCCCC(=O)O)n(-c3ccccc3)c2C[C@H]1O.[K]. The zero-order valence-corrected chi connectivity index (χ0v) is 22.5. The van der Waals surface area contributed by atoms with Crippen molar-refractivity contribution >= 4 is 57.4 Å². The molecule has 2 aromatic rings. The van der Waals surface area contributed by atoms with Crippen LogP contribution >= 0.6 is 0 Å². The minimum atomic E-state index is -0.758. The van der Waals surface area contributed by atoms with E-state index in [1.807, 2.05) is 30.4 Å². The topological polar surface area (TPSA) is 82.7 Å². The van der Waals surface area contributed by atoms with Gasteiger partial charge in [0, 0.05) is 87.2 Å². The number of aryl methyl sites for hydroxylation is 1. The average Bonchev–Trinajstić information content (AvgIpc) is 3.24. The number of aliphatic hydroxyl groups excluding tert-OH is 2. The van der Waals surface area contributed by atoms with Gasteiger partial charge >= 0.3 is 5.97 Å². The summed E-state index contributed by atoms with van der Waals surface area (Å²) in [6, 6.07) is 12.3. The molecule has 3 atom stereocenters. The van der Waals surface area contributed by atoms with Crippen molar-refractivity contribution in [2.75, 3.05) is 0 Å². The van der Waals surface area contributed by atoms with E-state index in [1.54, 1.807) is 0 Å². The van der Waals surface area contributed by atoms with Crippen molar-refractivity contribution in [1.82, 2.24) is 4.57 Å². The number of aliphatic hydroxyl groups is 2. The van der Waals surface area contributed by atoms with Crippen molar-refractivity contribution < 1.29 is 20.1 Å². The molecule has 5 nitrogen and oxygen atoms in total. The number of aromatic nitrogens is 1. The maximum absolute atomic E-state index is 10.8. The largest absolute Gasteiger partial charge is 0.481 e. The summed E-state index contributed by atoms with van der Waals surface area (Å²) >= 11 is 0. The van der Waals surface area contributed by atoms with Crippen molar-refractivity contribution in [3.63, 3.8) is 0 Å². The molecule has 0 saturated carbocycles. The van der Waals surface area contributed by atoms with Crippen LogP contribution in [0.5, 0.6) is 0 Å². The third-order valence-electron chi connectivity index (χ3n) is 6.12. The molecule has 1 aliphatic carbocycles. The molecule has 0 amide bonds. The maximum atomic E-state index is 10.8. The number of carboxylic acid groups (broad SMARTS) is 1. The number of para-hydroxylation sites is 1. The molecular weight excluding hydrogens is 429 g/mol. The van der Waals surface area contributed by atoms with Gasteiger partial charge in [0.1, 0.15) is 0 Å². The quantitative estimate of drug-likeness (QED) is 0.247. The van der Waals surface area contributed by atoms with Gasteiger partial charge in [0.15, 0.2) is 0 Å². The van der Waals surface area contributed by atoms with Gasteiger partial charge in [-0.2, -0.15) is 0 Å². The molecule has 3 N–H and O–H groups in total. The predicted molar refractivity (Wildman–Crippen MR) is 128 cm³/mol. The van der Waals surface area contributed by atoms with Gasteiger partial charge in [0.2, 0.25) is 0 Å². The number of nitrogens with zero attached hydrogens (tertiary/aromatic N) is 1. The summed E-state index contributed by atoms with van der Waals surface area (Å²) in [5.74, 6) is -0.884. The van der Waals surface area contributed by atoms with E-state index in [0.29, 0.717) is 12.8 Å². The number of fused-ring (bicyclic) bond motifs is 1. The van der Waals surface area contributed by atoms with E-state index in [0.717, 1.165) is 61.2 Å². The van der Waals surface area contributed by atoms with Crippen LogP contribution in [0.4, 0.5) is 0 Å². The van der Waals surface area contributed by atoms with Crippen molar-refractivity contribution in [1.29, 1.82) is 0 Å². The van der Waals surface area contributed by atoms with Crippen molar-refractivity contribution in [2.45, 2.75) is 82.8 Å². The molecule has 1 aromatic carbocycles. The molecule has 0 bridgehead atoms. The third kappa shape index (κ3) is 7.39. The molecule has 6 heteroatoms. The minimum absolute atomic E-state index is 0. The summed E-state index contributed by atoms with van der Waals surface area (Å²) in [7, 11) is 0. The Labute approximate surface area is 234 Å². The fourth-order valence-corrected chi connectivity index (χ4v) is 4.50. The van der Waals surface area contributed by atoms with Gasteiger partial charge in [-0.3, -0.25) is 4.79 Å². The Kier molecular flexibility index (Phi) is 11.9. The summed E-state index contributed by atoms with van der Waals surface area (Å²) in [5.41, 5.74) is 4.44. The third-order valence-corrected chi connectivity index (χ3v) is 6.12. The first-order valence-corrected chi connectivity index (χ1v) is 11.6. The molecule has 0 aliphatic heterocycles. The molecule has 0 spiro atoms. The molecule has 0 saturated heterocycles. The van der Waals surface area contributed by atoms with Crippen LogP contribution in [0, 0.1) is 0 Å². The molecule has 0 fully saturated rings. The average molecular weight is 465 g/mol. The van der Waals surface area contributed by atoms with Gasteiger partial charge in [-0.05, 0) is 49.4 Å². The van der Waals surface area contributed by atoms with Crippen molar-refractivity contribution in [2.24, 2.45) is 0 Å². The number of hydrogen-bond acceptors (Lipinski definition) is 3. The summed E-state index contributed by atoms with van der Waals surface area (Å²) in [6.45, 7) is 2.15. The summed E-state index contributed by atoms with van der Waals surface area (Å²) in [4.78, 5) is 10.8. The number of unbranched alkanes of at least 4 members (excludes halogenated alkanes) is 3. The molecule has 0 unspecified atom stereocenters. The Bertz CT molecular complexity index is 877. The smallest absolute Gasteiger partial charge is 0.303 e. The van der Waals surface area contributed by atoms with E-state index in [-0.39, 0.29) is 63.7 Å². The van der Waals surface area contributed by atoms with E-state index >= 15 is 0 Å². The number of carboxylic acids is 1. The Balaban J connectivity index is 0.00000363. The van der Waals surface area contributed by atoms with Crippen LogP contribution in [0.1, 0.15) is 74.7 Å². The van der Waals surface area contributed by atoms with Gasteiger partial charge in [-0.25, -0.2) is 0 Å². The van der Waals surface area contributed by atoms with E-state index in [1.165, 1.54) is 0 Å². The van der Waals surface area contributed by atoms with Crippen molar-refractivity contribution in [3.8, 4) is 5.69 Å². The van der Waals surface area contributed by atoms with Crippen LogP contribution in [-0.2, 0) is 17.6 Å². The molecule has 3 rings (SSSR count). The number of aliphatic carboxylic acids is 1. The fourth-order valence-electron chi connectivity index (χ4n) is 4.50. The molecule has 1 heterocycles. The fraction of sp³-hybridized carbons (Fsp3) is 0.500. The van der Waals surface area contributed by atoms with E-state index in [4.69, 9.17) is 5.11 Å². The molecule has 1 radical (unpaired) electrons. The summed E-state index contributed by atoms with van der Waals surface area (Å²) in [5, 5.41) is 29.9. The number of rotatable bonds is 12. The Morgan fingerprint density at radius 2 is 1.94 bits per heavy atom. The molecular formula is C26H35KNO4. The Morgan fingerprint density at radius 1 is 1.19 bits per heavy atom. The van der Waals surface area contributed by atoms with Gasteiger partial charge in [-0.15, -0.1) is 0 Å². The number of carbonyl (C=O) groups is 1. The Morgan fingerprint density at radius 3 is 2.62 bits per heavy atom. The monoisotopic (exact) mass is 464 g/mol. The van der Waals surface area contributed by atoms with Gasteiger partial charge in [0.05, 0.1) is 12.2 Å². The van der Waals surface area contributed by atoms with Gasteiger partial charge in [-0.1, -0.05) is 56.5 Å². The molecule has 32 heavy (non-hydrogen) atoms. The second kappa shape index (κ2) is 13.8. The molecule has 1 aliphatic rings. The van der Waals surface area contributed by atoms with E-state index in [9.17, 15) is 15.0 Å². The predicted octanol–water partition coefficient (Wildman–Crippen LogP) is 4.39.